The zero-order valence-corrected chi connectivity index (χ0v) is 15.7. The van der Waals surface area contributed by atoms with Crippen LogP contribution >= 0.6 is 0 Å². The monoisotopic (exact) mass is 355 g/mol. The van der Waals surface area contributed by atoms with Gasteiger partial charge >= 0.3 is 0 Å². The summed E-state index contributed by atoms with van der Waals surface area (Å²) in [5, 5.41) is 13.4. The molecule has 2 aromatic heterocycles. The van der Waals surface area contributed by atoms with E-state index in [0.717, 1.165) is 36.4 Å². The average Bonchev–Trinajstić information content (AvgIpc) is 3.28. The van der Waals surface area contributed by atoms with Crippen molar-refractivity contribution in [3.63, 3.8) is 0 Å². The van der Waals surface area contributed by atoms with Crippen LogP contribution in [0.5, 0.6) is 0 Å². The number of nitrogens with zero attached hydrogens (tertiary/aromatic N) is 5. The minimum Gasteiger partial charge on any atom is -0.376 e. The molecule has 7 nitrogen and oxygen atoms in total. The van der Waals surface area contributed by atoms with Gasteiger partial charge < -0.3 is 9.64 Å². The number of rotatable bonds is 6. The van der Waals surface area contributed by atoms with E-state index in [1.54, 1.807) is 4.52 Å². The summed E-state index contributed by atoms with van der Waals surface area (Å²) in [4.78, 5) is 19.1. The van der Waals surface area contributed by atoms with Crippen LogP contribution in [-0.4, -0.2) is 51.2 Å². The van der Waals surface area contributed by atoms with Gasteiger partial charge in [0.15, 0.2) is 5.65 Å². The fourth-order valence-corrected chi connectivity index (χ4v) is 3.58. The summed E-state index contributed by atoms with van der Waals surface area (Å²) < 4.78 is 7.35. The van der Waals surface area contributed by atoms with Crippen molar-refractivity contribution in [2.24, 2.45) is 0 Å². The van der Waals surface area contributed by atoms with Crippen molar-refractivity contribution in [1.82, 2.24) is 19.5 Å². The smallest absolute Gasteiger partial charge is 0.222 e. The van der Waals surface area contributed by atoms with Crippen molar-refractivity contribution in [3.8, 4) is 6.07 Å². The lowest BCUT2D eigenvalue weighted by atomic mass is 10.1. The first kappa shape index (κ1) is 18.3. The fraction of sp³-hybridized carbons (Fsp3) is 0.579. The maximum atomic E-state index is 12.7. The molecule has 0 N–H and O–H groups in total. The van der Waals surface area contributed by atoms with E-state index in [1.807, 2.05) is 25.7 Å². The van der Waals surface area contributed by atoms with Crippen molar-refractivity contribution in [2.75, 3.05) is 19.7 Å². The first-order valence-corrected chi connectivity index (χ1v) is 9.18. The van der Waals surface area contributed by atoms with E-state index in [1.165, 1.54) is 6.20 Å². The first-order valence-electron chi connectivity index (χ1n) is 9.18. The summed E-state index contributed by atoms with van der Waals surface area (Å²) in [5.41, 5.74) is 3.84. The second-order valence-corrected chi connectivity index (χ2v) is 6.73. The lowest BCUT2D eigenvalue weighted by Gasteiger charge is -2.24. The van der Waals surface area contributed by atoms with Gasteiger partial charge in [-0.3, -0.25) is 4.79 Å². The van der Waals surface area contributed by atoms with Gasteiger partial charge in [0.1, 0.15) is 11.6 Å². The van der Waals surface area contributed by atoms with E-state index in [4.69, 9.17) is 10.00 Å². The number of hydrogen-bond acceptors (Lipinski definition) is 5. The molecule has 1 fully saturated rings. The number of carbonyl (C=O) groups is 1. The van der Waals surface area contributed by atoms with Gasteiger partial charge in [0.05, 0.1) is 12.3 Å². The summed E-state index contributed by atoms with van der Waals surface area (Å²) in [7, 11) is 0. The summed E-state index contributed by atoms with van der Waals surface area (Å²) in [6.45, 7) is 8.05. The number of nitriles is 1. The predicted molar refractivity (Wildman–Crippen MR) is 96.7 cm³/mol. The van der Waals surface area contributed by atoms with Crippen molar-refractivity contribution >= 4 is 11.6 Å². The third kappa shape index (κ3) is 3.56. The van der Waals surface area contributed by atoms with E-state index in [9.17, 15) is 4.79 Å². The zero-order chi connectivity index (χ0) is 18.7. The molecular weight excluding hydrogens is 330 g/mol. The Morgan fingerprint density at radius 3 is 2.96 bits per heavy atom. The highest BCUT2D eigenvalue weighted by Crippen LogP contribution is 2.19. The van der Waals surface area contributed by atoms with Crippen LogP contribution in [0, 0.1) is 25.2 Å². The van der Waals surface area contributed by atoms with E-state index >= 15 is 0 Å². The molecule has 7 heteroatoms. The van der Waals surface area contributed by atoms with Crippen LogP contribution in [0.1, 0.15) is 48.7 Å². The van der Waals surface area contributed by atoms with Gasteiger partial charge in [-0.25, -0.2) is 9.50 Å². The van der Waals surface area contributed by atoms with Crippen molar-refractivity contribution in [1.29, 1.82) is 5.26 Å². The van der Waals surface area contributed by atoms with E-state index in [2.05, 4.69) is 16.2 Å². The topological polar surface area (TPSA) is 83.5 Å². The molecule has 0 spiro atoms. The molecule has 26 heavy (non-hydrogen) atoms. The molecule has 2 aromatic rings. The maximum Gasteiger partial charge on any atom is 0.222 e. The van der Waals surface area contributed by atoms with E-state index in [0.29, 0.717) is 37.1 Å². The quantitative estimate of drug-likeness (QED) is 0.793. The van der Waals surface area contributed by atoms with Gasteiger partial charge in [-0.1, -0.05) is 0 Å². The van der Waals surface area contributed by atoms with Gasteiger partial charge in [0.2, 0.25) is 5.91 Å². The number of hydrogen-bond donors (Lipinski definition) is 0. The first-order chi connectivity index (χ1) is 12.5. The third-order valence-corrected chi connectivity index (χ3v) is 5.10. The largest absolute Gasteiger partial charge is 0.376 e. The van der Waals surface area contributed by atoms with Crippen LogP contribution in [-0.2, 0) is 16.0 Å². The van der Waals surface area contributed by atoms with Gasteiger partial charge in [0.25, 0.3) is 0 Å². The fourth-order valence-electron chi connectivity index (χ4n) is 3.58. The molecule has 1 aliphatic rings. The van der Waals surface area contributed by atoms with Gasteiger partial charge in [-0.15, -0.1) is 0 Å². The number of fused-ring (bicyclic) bond motifs is 1. The Bertz CT molecular complexity index is 846. The maximum absolute atomic E-state index is 12.7. The number of carbonyl (C=O) groups excluding carboxylic acids is 1. The highest BCUT2D eigenvalue weighted by molar-refractivity contribution is 5.76. The molecule has 0 unspecified atom stereocenters. The minimum atomic E-state index is 0.139. The lowest BCUT2D eigenvalue weighted by molar-refractivity contribution is -0.132. The lowest BCUT2D eigenvalue weighted by Crippen LogP contribution is -2.37. The molecule has 0 bridgehead atoms. The van der Waals surface area contributed by atoms with Crippen LogP contribution in [0.15, 0.2) is 6.20 Å². The number of ether oxygens (including phenoxy) is 1. The highest BCUT2D eigenvalue weighted by Gasteiger charge is 2.22. The van der Waals surface area contributed by atoms with Gasteiger partial charge in [-0.2, -0.15) is 10.4 Å². The molecule has 1 saturated heterocycles. The number of likely N-dealkylation sites (N-methyl/N-ethyl adjacent to an activating group) is 1. The summed E-state index contributed by atoms with van der Waals surface area (Å²) in [6.07, 6.45) is 4.86. The van der Waals surface area contributed by atoms with Crippen LogP contribution in [0.25, 0.3) is 5.65 Å². The average molecular weight is 355 g/mol. The molecule has 0 saturated carbocycles. The third-order valence-electron chi connectivity index (χ3n) is 5.10. The van der Waals surface area contributed by atoms with Gasteiger partial charge in [-0.05, 0) is 45.6 Å². The molecule has 1 atom stereocenters. The molecular formula is C19H25N5O2. The van der Waals surface area contributed by atoms with E-state index < -0.39 is 0 Å². The second kappa shape index (κ2) is 7.83. The Hall–Kier alpha value is -2.46. The Balaban J connectivity index is 1.72. The SMILES string of the molecule is CCN(C[C@H]1CCCO1)C(=O)CCc1c(C)nc2c(C#N)cnn2c1C. The molecule has 3 heterocycles. The number of aromatic nitrogens is 3. The molecule has 1 aliphatic heterocycles. The molecule has 3 rings (SSSR count). The van der Waals surface area contributed by atoms with Gasteiger partial charge in [0, 0.05) is 37.5 Å². The summed E-state index contributed by atoms with van der Waals surface area (Å²) in [6, 6.07) is 2.11. The van der Waals surface area contributed by atoms with Crippen LogP contribution in [0.2, 0.25) is 0 Å². The number of aryl methyl sites for hydroxylation is 2. The second-order valence-electron chi connectivity index (χ2n) is 6.73. The Kier molecular flexibility index (Phi) is 5.52. The van der Waals surface area contributed by atoms with Crippen LogP contribution < -0.4 is 0 Å². The minimum absolute atomic E-state index is 0.139. The Morgan fingerprint density at radius 2 is 2.31 bits per heavy atom. The molecule has 138 valence electrons. The standard InChI is InChI=1S/C19H25N5O2/c1-4-23(12-16-6-5-9-26-16)18(25)8-7-17-13(2)22-19-15(10-20)11-21-24(19)14(17)3/h11,16H,4-9,12H2,1-3H3/t16-/m1/s1. The van der Waals surface area contributed by atoms with E-state index in [-0.39, 0.29) is 12.0 Å². The summed E-state index contributed by atoms with van der Waals surface area (Å²) in [5.74, 6) is 0.139. The van der Waals surface area contributed by atoms with Crippen molar-refractivity contribution in [2.45, 2.75) is 52.6 Å². The predicted octanol–water partition coefficient (Wildman–Crippen LogP) is 2.18. The molecule has 0 radical (unpaired) electrons. The zero-order valence-electron chi connectivity index (χ0n) is 15.7. The molecule has 0 aromatic carbocycles. The van der Waals surface area contributed by atoms with Crippen LogP contribution in [0.4, 0.5) is 0 Å². The Morgan fingerprint density at radius 1 is 1.50 bits per heavy atom. The summed E-state index contributed by atoms with van der Waals surface area (Å²) >= 11 is 0. The highest BCUT2D eigenvalue weighted by atomic mass is 16.5. The molecule has 0 aliphatic carbocycles. The Labute approximate surface area is 153 Å². The molecule has 1 amide bonds. The van der Waals surface area contributed by atoms with Crippen LogP contribution in [0.3, 0.4) is 0 Å². The number of amides is 1. The van der Waals surface area contributed by atoms with Crippen molar-refractivity contribution < 1.29 is 9.53 Å². The van der Waals surface area contributed by atoms with Crippen molar-refractivity contribution in [3.05, 3.63) is 28.7 Å². The normalized spacial score (nSPS) is 16.8.